The number of nitrogens with one attached hydrogen (secondary N) is 2. The van der Waals surface area contributed by atoms with Gasteiger partial charge in [-0.1, -0.05) is 42.8 Å². The molecule has 2 aromatic rings. The highest BCUT2D eigenvalue weighted by Gasteiger charge is 2.08. The van der Waals surface area contributed by atoms with Crippen LogP contribution >= 0.6 is 24.0 Å². The van der Waals surface area contributed by atoms with E-state index in [4.69, 9.17) is 0 Å². The van der Waals surface area contributed by atoms with Crippen molar-refractivity contribution in [2.45, 2.75) is 32.9 Å². The second-order valence-corrected chi connectivity index (χ2v) is 7.28. The van der Waals surface area contributed by atoms with Crippen molar-refractivity contribution < 1.29 is 4.39 Å². The van der Waals surface area contributed by atoms with Crippen LogP contribution in [0.15, 0.2) is 47.5 Å². The molecule has 0 bridgehead atoms. The van der Waals surface area contributed by atoms with Gasteiger partial charge in [0.15, 0.2) is 5.96 Å². The lowest BCUT2D eigenvalue weighted by Crippen LogP contribution is -2.38. The van der Waals surface area contributed by atoms with Crippen LogP contribution in [0.2, 0.25) is 0 Å². The second kappa shape index (κ2) is 12.0. The predicted molar refractivity (Wildman–Crippen MR) is 127 cm³/mol. The highest BCUT2D eigenvalue weighted by molar-refractivity contribution is 14.0. The van der Waals surface area contributed by atoms with Crippen LogP contribution in [-0.2, 0) is 13.1 Å². The van der Waals surface area contributed by atoms with E-state index in [1.165, 1.54) is 17.2 Å². The van der Waals surface area contributed by atoms with Crippen molar-refractivity contribution in [1.82, 2.24) is 15.5 Å². The first-order chi connectivity index (χ1) is 12.9. The molecule has 1 unspecified atom stereocenters. The van der Waals surface area contributed by atoms with Gasteiger partial charge in [-0.05, 0) is 50.2 Å². The van der Waals surface area contributed by atoms with Gasteiger partial charge in [0.2, 0.25) is 0 Å². The largest absolute Gasteiger partial charge is 0.356 e. The summed E-state index contributed by atoms with van der Waals surface area (Å²) in [6.45, 7) is 6.26. The minimum atomic E-state index is -0.165. The number of guanidine groups is 1. The summed E-state index contributed by atoms with van der Waals surface area (Å²) in [5, 5.41) is 6.67. The normalized spacial score (nSPS) is 12.5. The molecule has 1 atom stereocenters. The lowest BCUT2D eigenvalue weighted by molar-refractivity contribution is 0.392. The molecule has 0 aliphatic carbocycles. The molecule has 0 saturated heterocycles. The molecule has 0 aliphatic rings. The van der Waals surface area contributed by atoms with Crippen molar-refractivity contribution >= 4 is 29.9 Å². The molecule has 2 N–H and O–H groups in total. The van der Waals surface area contributed by atoms with Crippen LogP contribution in [0.25, 0.3) is 0 Å². The molecule has 154 valence electrons. The first-order valence-corrected chi connectivity index (χ1v) is 9.32. The van der Waals surface area contributed by atoms with Crippen LogP contribution in [0.3, 0.4) is 0 Å². The molecule has 0 fully saturated rings. The molecule has 0 amide bonds. The molecule has 0 aromatic heterocycles. The summed E-state index contributed by atoms with van der Waals surface area (Å²) in [5.74, 6) is 0.955. The second-order valence-electron chi connectivity index (χ2n) is 7.28. The number of aryl methyl sites for hydroxylation is 1. The van der Waals surface area contributed by atoms with Gasteiger partial charge in [0.1, 0.15) is 5.82 Å². The number of halogens is 2. The SMILES string of the molecule is CN=C(NCc1ccc(F)c(CN(C)C)c1)NCC(C)c1ccc(C)cc1.I. The Balaban J connectivity index is 0.00000392. The molecule has 28 heavy (non-hydrogen) atoms. The minimum absolute atomic E-state index is 0. The van der Waals surface area contributed by atoms with E-state index < -0.39 is 0 Å². The summed E-state index contributed by atoms with van der Waals surface area (Å²) >= 11 is 0. The van der Waals surface area contributed by atoms with Crippen molar-refractivity contribution in [1.29, 1.82) is 0 Å². The third-order valence-corrected chi connectivity index (χ3v) is 4.50. The van der Waals surface area contributed by atoms with Gasteiger partial charge in [0.25, 0.3) is 0 Å². The first-order valence-electron chi connectivity index (χ1n) is 9.32. The fraction of sp³-hybridized carbons (Fsp3) is 0.409. The average Bonchev–Trinajstić information content (AvgIpc) is 2.64. The number of benzene rings is 2. The number of aliphatic imine (C=N–C) groups is 1. The highest BCUT2D eigenvalue weighted by Crippen LogP contribution is 2.15. The Morgan fingerprint density at radius 1 is 1.11 bits per heavy atom. The van der Waals surface area contributed by atoms with E-state index >= 15 is 0 Å². The Hall–Kier alpha value is -1.67. The van der Waals surface area contributed by atoms with Gasteiger partial charge in [-0.3, -0.25) is 4.99 Å². The summed E-state index contributed by atoms with van der Waals surface area (Å²) < 4.78 is 13.9. The van der Waals surface area contributed by atoms with Crippen LogP contribution in [-0.4, -0.2) is 38.5 Å². The summed E-state index contributed by atoms with van der Waals surface area (Å²) in [6.07, 6.45) is 0. The van der Waals surface area contributed by atoms with Gasteiger partial charge in [-0.15, -0.1) is 24.0 Å². The van der Waals surface area contributed by atoms with Gasteiger partial charge >= 0.3 is 0 Å². The summed E-state index contributed by atoms with van der Waals surface area (Å²) in [7, 11) is 5.63. The predicted octanol–water partition coefficient (Wildman–Crippen LogP) is 4.28. The monoisotopic (exact) mass is 498 g/mol. The third kappa shape index (κ3) is 7.75. The molecule has 0 spiro atoms. The van der Waals surface area contributed by atoms with Crippen LogP contribution in [0, 0.1) is 12.7 Å². The van der Waals surface area contributed by atoms with Crippen molar-refractivity contribution in [3.63, 3.8) is 0 Å². The number of nitrogens with zero attached hydrogens (tertiary/aromatic N) is 2. The Kier molecular flexibility index (Phi) is 10.5. The topological polar surface area (TPSA) is 39.7 Å². The number of hydrogen-bond acceptors (Lipinski definition) is 2. The minimum Gasteiger partial charge on any atom is -0.356 e. The lowest BCUT2D eigenvalue weighted by Gasteiger charge is -2.17. The first kappa shape index (κ1) is 24.4. The van der Waals surface area contributed by atoms with E-state index in [9.17, 15) is 4.39 Å². The molecule has 2 rings (SSSR count). The smallest absolute Gasteiger partial charge is 0.191 e. The zero-order valence-corrected chi connectivity index (χ0v) is 19.8. The van der Waals surface area contributed by atoms with Crippen LogP contribution in [0.1, 0.15) is 35.1 Å². The van der Waals surface area contributed by atoms with Gasteiger partial charge < -0.3 is 15.5 Å². The lowest BCUT2D eigenvalue weighted by atomic mass is 10.0. The summed E-state index contributed by atoms with van der Waals surface area (Å²) in [6, 6.07) is 13.9. The molecule has 0 radical (unpaired) electrons. The zero-order chi connectivity index (χ0) is 19.8. The van der Waals surface area contributed by atoms with Crippen LogP contribution < -0.4 is 10.6 Å². The number of hydrogen-bond donors (Lipinski definition) is 2. The van der Waals surface area contributed by atoms with Gasteiger partial charge in [-0.2, -0.15) is 0 Å². The number of rotatable bonds is 7. The average molecular weight is 498 g/mol. The molecule has 6 heteroatoms. The van der Waals surface area contributed by atoms with Crippen LogP contribution in [0.4, 0.5) is 4.39 Å². The van der Waals surface area contributed by atoms with E-state index in [1.54, 1.807) is 7.05 Å². The summed E-state index contributed by atoms with van der Waals surface area (Å²) in [4.78, 5) is 6.24. The van der Waals surface area contributed by atoms with E-state index in [0.29, 0.717) is 24.6 Å². The standard InChI is InChI=1S/C22H31FN4.HI/c1-16-6-9-19(10-7-16)17(2)13-25-22(24-3)26-14-18-8-11-21(23)20(12-18)15-27(4)5;/h6-12,17H,13-15H2,1-5H3,(H2,24,25,26);1H. The zero-order valence-electron chi connectivity index (χ0n) is 17.4. The fourth-order valence-corrected chi connectivity index (χ4v) is 2.87. The Bertz CT molecular complexity index is 760. The maximum atomic E-state index is 13.9. The van der Waals surface area contributed by atoms with Crippen molar-refractivity contribution in [3.8, 4) is 0 Å². The van der Waals surface area contributed by atoms with Gasteiger partial charge in [0, 0.05) is 32.2 Å². The van der Waals surface area contributed by atoms with Gasteiger partial charge in [0.05, 0.1) is 0 Å². The van der Waals surface area contributed by atoms with Crippen molar-refractivity contribution in [2.24, 2.45) is 4.99 Å². The van der Waals surface area contributed by atoms with Gasteiger partial charge in [-0.25, -0.2) is 4.39 Å². The molecule has 4 nitrogen and oxygen atoms in total. The van der Waals surface area contributed by atoms with E-state index in [-0.39, 0.29) is 29.8 Å². The molecule has 0 aliphatic heterocycles. The van der Waals surface area contributed by atoms with E-state index in [0.717, 1.165) is 18.1 Å². The maximum Gasteiger partial charge on any atom is 0.191 e. The van der Waals surface area contributed by atoms with Crippen LogP contribution in [0.5, 0.6) is 0 Å². The molecular weight excluding hydrogens is 466 g/mol. The molecular formula is C22H32FIN4. The molecule has 2 aromatic carbocycles. The van der Waals surface area contributed by atoms with Crippen molar-refractivity contribution in [3.05, 3.63) is 70.5 Å². The maximum absolute atomic E-state index is 13.9. The fourth-order valence-electron chi connectivity index (χ4n) is 2.87. The molecule has 0 heterocycles. The highest BCUT2D eigenvalue weighted by atomic mass is 127. The molecule has 0 saturated carbocycles. The Morgan fingerprint density at radius 2 is 1.79 bits per heavy atom. The van der Waals surface area contributed by atoms with Crippen molar-refractivity contribution in [2.75, 3.05) is 27.7 Å². The Labute approximate surface area is 185 Å². The summed E-state index contributed by atoms with van der Waals surface area (Å²) in [5.41, 5.74) is 4.30. The Morgan fingerprint density at radius 3 is 2.39 bits per heavy atom. The third-order valence-electron chi connectivity index (χ3n) is 4.50. The van der Waals surface area contributed by atoms with E-state index in [2.05, 4.69) is 53.7 Å². The quantitative estimate of drug-likeness (QED) is 0.340. The van der Waals surface area contributed by atoms with E-state index in [1.807, 2.05) is 31.1 Å².